The second-order valence-corrected chi connectivity index (χ2v) is 6.43. The van der Waals surface area contributed by atoms with Gasteiger partial charge in [0.05, 0.1) is 24.8 Å². The van der Waals surface area contributed by atoms with Gasteiger partial charge in [0, 0.05) is 18.9 Å². The Hall–Kier alpha value is -3.46. The zero-order valence-corrected chi connectivity index (χ0v) is 16.9. The molecule has 164 valence electrons. The summed E-state index contributed by atoms with van der Waals surface area (Å²) in [5, 5.41) is 8.07. The zero-order chi connectivity index (χ0) is 23.2. The number of halogens is 3. The predicted octanol–water partition coefficient (Wildman–Crippen LogP) is 4.22. The summed E-state index contributed by atoms with van der Waals surface area (Å²) in [5.41, 5.74) is -0.748. The first-order valence-corrected chi connectivity index (χ1v) is 9.03. The summed E-state index contributed by atoms with van der Waals surface area (Å²) in [6, 6.07) is 10.4. The van der Waals surface area contributed by atoms with Gasteiger partial charge in [-0.25, -0.2) is 4.79 Å². The maximum Gasteiger partial charge on any atom is 0.416 e. The molecule has 0 aliphatic rings. The summed E-state index contributed by atoms with van der Waals surface area (Å²) in [7, 11) is 2.68. The normalized spacial score (nSPS) is 12.0. The van der Waals surface area contributed by atoms with Crippen LogP contribution in [0.4, 0.5) is 13.2 Å². The zero-order valence-electron chi connectivity index (χ0n) is 16.9. The monoisotopic (exact) mass is 434 g/mol. The fourth-order valence-corrected chi connectivity index (χ4v) is 2.80. The Kier molecular flexibility index (Phi) is 7.71. The fraction of sp³-hybridized carbons (Fsp3) is 0.227. The number of rotatable bonds is 8. The molecule has 0 saturated heterocycles. The van der Waals surface area contributed by atoms with Gasteiger partial charge in [0.1, 0.15) is 11.8 Å². The summed E-state index contributed by atoms with van der Waals surface area (Å²) in [6.45, 7) is 3.51. The van der Waals surface area contributed by atoms with Crippen molar-refractivity contribution < 1.29 is 32.2 Å². The molecule has 0 saturated carbocycles. The molecule has 0 heterocycles. The highest BCUT2D eigenvalue weighted by Crippen LogP contribution is 2.29. The lowest BCUT2D eigenvalue weighted by Crippen LogP contribution is -2.36. The maximum absolute atomic E-state index is 12.9. The number of hydrogen-bond donors (Lipinski definition) is 1. The van der Waals surface area contributed by atoms with Gasteiger partial charge in [-0.1, -0.05) is 30.8 Å². The lowest BCUT2D eigenvalue weighted by Gasteiger charge is -2.24. The summed E-state index contributed by atoms with van der Waals surface area (Å²) in [4.78, 5) is 25.4. The third kappa shape index (κ3) is 5.79. The summed E-state index contributed by atoms with van der Waals surface area (Å²) < 4.78 is 48.9. The molecule has 1 N–H and O–H groups in total. The lowest BCUT2D eigenvalue weighted by atomic mass is 10.0. The van der Waals surface area contributed by atoms with Gasteiger partial charge in [0.15, 0.2) is 0 Å². The van der Waals surface area contributed by atoms with Gasteiger partial charge in [-0.15, -0.1) is 0 Å². The van der Waals surface area contributed by atoms with Crippen LogP contribution in [0.2, 0.25) is 0 Å². The molecule has 0 bridgehead atoms. The van der Waals surface area contributed by atoms with Crippen LogP contribution in [0.5, 0.6) is 0 Å². The minimum atomic E-state index is -4.59. The lowest BCUT2D eigenvalue weighted by molar-refractivity contribution is -0.137. The van der Waals surface area contributed by atoms with Gasteiger partial charge in [0.25, 0.3) is 5.91 Å². The van der Waals surface area contributed by atoms with Crippen LogP contribution >= 0.6 is 0 Å². The van der Waals surface area contributed by atoms with E-state index in [4.69, 9.17) is 10.1 Å². The van der Waals surface area contributed by atoms with Gasteiger partial charge in [-0.2, -0.15) is 13.2 Å². The van der Waals surface area contributed by atoms with Crippen molar-refractivity contribution >= 4 is 17.6 Å². The molecule has 6 nitrogen and oxygen atoms in total. The van der Waals surface area contributed by atoms with Crippen LogP contribution in [0.1, 0.15) is 33.2 Å². The fourth-order valence-electron chi connectivity index (χ4n) is 2.80. The number of nitrogens with zero attached hydrogens (tertiary/aromatic N) is 1. The van der Waals surface area contributed by atoms with E-state index >= 15 is 0 Å². The molecule has 2 aromatic rings. The third-order valence-electron chi connectivity index (χ3n) is 4.52. The average molecular weight is 434 g/mol. The van der Waals surface area contributed by atoms with Gasteiger partial charge >= 0.3 is 12.1 Å². The van der Waals surface area contributed by atoms with Gasteiger partial charge in [-0.05, 0) is 29.8 Å². The van der Waals surface area contributed by atoms with E-state index in [1.807, 2.05) is 0 Å². The van der Waals surface area contributed by atoms with E-state index in [9.17, 15) is 22.8 Å². The van der Waals surface area contributed by atoms with Crippen molar-refractivity contribution in [3.63, 3.8) is 0 Å². The van der Waals surface area contributed by atoms with E-state index in [1.54, 1.807) is 12.1 Å². The molecular formula is C22H21F3N2O4. The number of carbonyl (C=O) groups excluding carboxylic acids is 2. The quantitative estimate of drug-likeness (QED) is 0.498. The largest absolute Gasteiger partial charge is 0.465 e. The molecule has 9 heteroatoms. The van der Waals surface area contributed by atoms with E-state index in [0.29, 0.717) is 11.1 Å². The predicted molar refractivity (Wildman–Crippen MR) is 108 cm³/mol. The highest BCUT2D eigenvalue weighted by molar-refractivity contribution is 6.44. The molecule has 1 atom stereocenters. The molecule has 0 fully saturated rings. The average Bonchev–Trinajstić information content (AvgIpc) is 2.78. The van der Waals surface area contributed by atoms with Crippen LogP contribution in [-0.4, -0.2) is 43.3 Å². The molecule has 1 amide bonds. The number of methoxy groups -OCH3 is 2. The standard InChI is InChI=1S/C22H21F3N2O4/c1-4-27(13-18(30-2)14-8-10-15(11-9-14)21(29)31-3)20(28)19(26)16-6-5-7-17(12-16)22(23,24)25/h4-12,18,26H,1,13H2,2-3H3. The van der Waals surface area contributed by atoms with Crippen LogP contribution in [0.25, 0.3) is 0 Å². The molecule has 2 rings (SSSR count). The van der Waals surface area contributed by atoms with Crippen molar-refractivity contribution in [2.24, 2.45) is 0 Å². The molecule has 1 unspecified atom stereocenters. The minimum Gasteiger partial charge on any atom is -0.465 e. The first kappa shape index (κ1) is 23.8. The van der Waals surface area contributed by atoms with Crippen molar-refractivity contribution in [1.29, 1.82) is 5.41 Å². The molecule has 0 aliphatic heterocycles. The Morgan fingerprint density at radius 1 is 1.13 bits per heavy atom. The number of ether oxygens (including phenoxy) is 2. The highest BCUT2D eigenvalue weighted by Gasteiger charge is 2.31. The first-order chi connectivity index (χ1) is 14.6. The summed E-state index contributed by atoms with van der Waals surface area (Å²) in [6.07, 6.45) is -4.04. The molecule has 0 spiro atoms. The van der Waals surface area contributed by atoms with Gasteiger partial charge in [0.2, 0.25) is 0 Å². The number of benzene rings is 2. The number of alkyl halides is 3. The number of nitrogens with one attached hydrogen (secondary N) is 1. The Morgan fingerprint density at radius 3 is 2.29 bits per heavy atom. The van der Waals surface area contributed by atoms with Crippen LogP contribution in [0, 0.1) is 5.41 Å². The van der Waals surface area contributed by atoms with E-state index in [1.165, 1.54) is 38.6 Å². The Bertz CT molecular complexity index is 971. The molecule has 0 aliphatic carbocycles. The highest BCUT2D eigenvalue weighted by atomic mass is 19.4. The first-order valence-electron chi connectivity index (χ1n) is 9.03. The maximum atomic E-state index is 12.9. The SMILES string of the molecule is C=CN(CC(OC)c1ccc(C(=O)OC)cc1)C(=O)C(=N)c1cccc(C(F)(F)F)c1. The van der Waals surface area contributed by atoms with Crippen LogP contribution in [0.15, 0.2) is 61.3 Å². The number of esters is 1. The van der Waals surface area contributed by atoms with E-state index < -0.39 is 35.4 Å². The van der Waals surface area contributed by atoms with Crippen molar-refractivity contribution in [2.45, 2.75) is 12.3 Å². The molecule has 0 aromatic heterocycles. The smallest absolute Gasteiger partial charge is 0.416 e. The second kappa shape index (κ2) is 10.0. The Labute approximate surface area is 177 Å². The summed E-state index contributed by atoms with van der Waals surface area (Å²) in [5.74, 6) is -1.33. The van der Waals surface area contributed by atoms with Crippen molar-refractivity contribution in [3.8, 4) is 0 Å². The van der Waals surface area contributed by atoms with E-state index in [-0.39, 0.29) is 12.1 Å². The van der Waals surface area contributed by atoms with Crippen molar-refractivity contribution in [2.75, 3.05) is 20.8 Å². The summed E-state index contributed by atoms with van der Waals surface area (Å²) >= 11 is 0. The van der Waals surface area contributed by atoms with E-state index in [2.05, 4.69) is 11.3 Å². The molecule has 2 aromatic carbocycles. The topological polar surface area (TPSA) is 79.7 Å². The van der Waals surface area contributed by atoms with Crippen LogP contribution < -0.4 is 0 Å². The Balaban J connectivity index is 2.20. The van der Waals surface area contributed by atoms with Gasteiger partial charge in [-0.3, -0.25) is 10.2 Å². The third-order valence-corrected chi connectivity index (χ3v) is 4.52. The van der Waals surface area contributed by atoms with E-state index in [0.717, 1.165) is 23.1 Å². The number of hydrogen-bond acceptors (Lipinski definition) is 5. The Morgan fingerprint density at radius 2 is 1.77 bits per heavy atom. The van der Waals surface area contributed by atoms with Gasteiger partial charge < -0.3 is 14.4 Å². The number of carbonyl (C=O) groups is 2. The van der Waals surface area contributed by atoms with Crippen LogP contribution in [0.3, 0.4) is 0 Å². The number of amides is 1. The van der Waals surface area contributed by atoms with Crippen molar-refractivity contribution in [1.82, 2.24) is 4.90 Å². The molecular weight excluding hydrogens is 413 g/mol. The van der Waals surface area contributed by atoms with Crippen LogP contribution in [-0.2, 0) is 20.4 Å². The molecule has 0 radical (unpaired) electrons. The second-order valence-electron chi connectivity index (χ2n) is 6.43. The molecule has 31 heavy (non-hydrogen) atoms. The van der Waals surface area contributed by atoms with Crippen molar-refractivity contribution in [3.05, 3.63) is 83.6 Å². The minimum absolute atomic E-state index is 0.0439.